The predicted molar refractivity (Wildman–Crippen MR) is 97.4 cm³/mol. The van der Waals surface area contributed by atoms with Crippen molar-refractivity contribution in [2.45, 2.75) is 0 Å². The number of carbonyl (C=O) groups is 1. The van der Waals surface area contributed by atoms with Crippen molar-refractivity contribution in [1.29, 1.82) is 0 Å². The summed E-state index contributed by atoms with van der Waals surface area (Å²) in [6, 6.07) is 5.96. The minimum Gasteiger partial charge on any atom is -0.338 e. The van der Waals surface area contributed by atoms with Gasteiger partial charge >= 0.3 is 0 Å². The number of nitrogens with one attached hydrogen (secondary N) is 1. The summed E-state index contributed by atoms with van der Waals surface area (Å²) in [6.07, 6.45) is 3.40. The van der Waals surface area contributed by atoms with E-state index in [0.29, 0.717) is 24.7 Å². The Kier molecular flexibility index (Phi) is 5.59. The second-order valence-electron chi connectivity index (χ2n) is 5.78. The van der Waals surface area contributed by atoms with Crippen molar-refractivity contribution in [1.82, 2.24) is 14.9 Å². The zero-order chi connectivity index (χ0) is 18.5. The maximum absolute atomic E-state index is 12.2. The third-order valence-electron chi connectivity index (χ3n) is 4.00. The summed E-state index contributed by atoms with van der Waals surface area (Å²) in [5.74, 6) is 0.455. The number of piperazine rings is 1. The maximum atomic E-state index is 12.2. The number of rotatable bonds is 5. The molecule has 1 aliphatic rings. The van der Waals surface area contributed by atoms with Gasteiger partial charge in [0, 0.05) is 50.3 Å². The second kappa shape index (κ2) is 8.07. The zero-order valence-corrected chi connectivity index (χ0v) is 14.6. The first kappa shape index (κ1) is 18.0. The summed E-state index contributed by atoms with van der Waals surface area (Å²) < 4.78 is 0. The molecule has 0 saturated carbocycles. The molecule has 1 saturated heterocycles. The number of hydrogen-bond acceptors (Lipinski definition) is 7. The van der Waals surface area contributed by atoms with E-state index in [1.165, 1.54) is 18.2 Å². The van der Waals surface area contributed by atoms with E-state index in [2.05, 4.69) is 20.2 Å². The lowest BCUT2D eigenvalue weighted by Crippen LogP contribution is -2.49. The summed E-state index contributed by atoms with van der Waals surface area (Å²) in [5.41, 5.74) is 0.114. The van der Waals surface area contributed by atoms with Crippen molar-refractivity contribution >= 4 is 34.8 Å². The Hall–Kier alpha value is -2.78. The van der Waals surface area contributed by atoms with Gasteiger partial charge in [-0.2, -0.15) is 0 Å². The molecule has 1 fully saturated rings. The molecule has 1 amide bonds. The van der Waals surface area contributed by atoms with Gasteiger partial charge in [0.25, 0.3) is 5.69 Å². The summed E-state index contributed by atoms with van der Waals surface area (Å²) >= 11 is 5.77. The largest absolute Gasteiger partial charge is 0.338 e. The van der Waals surface area contributed by atoms with Gasteiger partial charge in [0.1, 0.15) is 5.02 Å². The standard InChI is InChI=1S/C16H17ClN6O3/c17-13-3-2-12(10-14(13)23(25)26)20-15(24)11-21-6-8-22(9-7-21)16-18-4-1-5-19-16/h1-5,10H,6-9,11H2,(H,20,24). The molecule has 0 bridgehead atoms. The van der Waals surface area contributed by atoms with Crippen LogP contribution in [0.4, 0.5) is 17.3 Å². The van der Waals surface area contributed by atoms with Crippen LogP contribution in [0.5, 0.6) is 0 Å². The van der Waals surface area contributed by atoms with Crippen LogP contribution in [-0.2, 0) is 4.79 Å². The van der Waals surface area contributed by atoms with E-state index in [-0.39, 0.29) is 23.2 Å². The SMILES string of the molecule is O=C(CN1CCN(c2ncccn2)CC1)Nc1ccc(Cl)c([N+](=O)[O-])c1. The first-order chi connectivity index (χ1) is 12.5. The van der Waals surface area contributed by atoms with E-state index < -0.39 is 4.92 Å². The molecule has 1 N–H and O–H groups in total. The highest BCUT2D eigenvalue weighted by Gasteiger charge is 2.21. The van der Waals surface area contributed by atoms with Crippen molar-refractivity contribution in [2.24, 2.45) is 0 Å². The van der Waals surface area contributed by atoms with Crippen LogP contribution < -0.4 is 10.2 Å². The topological polar surface area (TPSA) is 104 Å². The van der Waals surface area contributed by atoms with E-state index in [1.54, 1.807) is 18.5 Å². The van der Waals surface area contributed by atoms with Crippen LogP contribution in [0.3, 0.4) is 0 Å². The molecule has 0 atom stereocenters. The highest BCUT2D eigenvalue weighted by Crippen LogP contribution is 2.27. The first-order valence-electron chi connectivity index (χ1n) is 8.01. The Morgan fingerprint density at radius 3 is 2.58 bits per heavy atom. The summed E-state index contributed by atoms with van der Waals surface area (Å²) in [4.78, 5) is 35.1. The van der Waals surface area contributed by atoms with E-state index in [1.807, 2.05) is 4.90 Å². The van der Waals surface area contributed by atoms with Crippen LogP contribution in [0.1, 0.15) is 0 Å². The second-order valence-corrected chi connectivity index (χ2v) is 6.19. The van der Waals surface area contributed by atoms with E-state index in [0.717, 1.165) is 13.1 Å². The van der Waals surface area contributed by atoms with Crippen LogP contribution in [0.25, 0.3) is 0 Å². The van der Waals surface area contributed by atoms with E-state index >= 15 is 0 Å². The molecule has 2 aromatic rings. The molecular formula is C16H17ClN6O3. The maximum Gasteiger partial charge on any atom is 0.289 e. The van der Waals surface area contributed by atoms with Gasteiger partial charge in [-0.15, -0.1) is 0 Å². The van der Waals surface area contributed by atoms with Gasteiger partial charge in [0.15, 0.2) is 0 Å². The fourth-order valence-electron chi connectivity index (χ4n) is 2.69. The molecule has 0 spiro atoms. The van der Waals surface area contributed by atoms with Crippen LogP contribution in [0.15, 0.2) is 36.7 Å². The number of halogens is 1. The van der Waals surface area contributed by atoms with Gasteiger partial charge in [-0.3, -0.25) is 19.8 Å². The molecule has 0 unspecified atom stereocenters. The molecule has 1 aromatic carbocycles. The molecular weight excluding hydrogens is 360 g/mol. The van der Waals surface area contributed by atoms with E-state index in [4.69, 9.17) is 11.6 Å². The number of nitrogens with zero attached hydrogens (tertiary/aromatic N) is 5. The number of nitro groups is 1. The summed E-state index contributed by atoms with van der Waals surface area (Å²) in [7, 11) is 0. The third kappa shape index (κ3) is 4.44. The van der Waals surface area contributed by atoms with Crippen molar-refractivity contribution in [3.05, 3.63) is 51.8 Å². The molecule has 1 aromatic heterocycles. The van der Waals surface area contributed by atoms with Crippen molar-refractivity contribution in [3.8, 4) is 0 Å². The molecule has 26 heavy (non-hydrogen) atoms. The zero-order valence-electron chi connectivity index (χ0n) is 13.8. The predicted octanol–water partition coefficient (Wildman–Crippen LogP) is 1.80. The Labute approximate surface area is 154 Å². The van der Waals surface area contributed by atoms with Crippen molar-refractivity contribution in [3.63, 3.8) is 0 Å². The molecule has 3 rings (SSSR count). The van der Waals surface area contributed by atoms with Gasteiger partial charge < -0.3 is 10.2 Å². The van der Waals surface area contributed by atoms with Gasteiger partial charge in [-0.1, -0.05) is 11.6 Å². The quantitative estimate of drug-likeness (QED) is 0.626. The highest BCUT2D eigenvalue weighted by molar-refractivity contribution is 6.32. The number of benzene rings is 1. The molecule has 10 heteroatoms. The van der Waals surface area contributed by atoms with Crippen molar-refractivity contribution < 1.29 is 9.72 Å². The smallest absolute Gasteiger partial charge is 0.289 e. The van der Waals surface area contributed by atoms with Crippen molar-refractivity contribution in [2.75, 3.05) is 42.9 Å². The monoisotopic (exact) mass is 376 g/mol. The molecule has 1 aliphatic heterocycles. The minimum atomic E-state index is -0.580. The number of amides is 1. The molecule has 9 nitrogen and oxygen atoms in total. The van der Waals surface area contributed by atoms with Crippen LogP contribution in [0.2, 0.25) is 5.02 Å². The Bertz CT molecular complexity index is 796. The Morgan fingerprint density at radius 1 is 1.23 bits per heavy atom. The minimum absolute atomic E-state index is 0.0345. The molecule has 2 heterocycles. The molecule has 0 radical (unpaired) electrons. The fraction of sp³-hybridized carbons (Fsp3) is 0.312. The van der Waals surface area contributed by atoms with Gasteiger partial charge in [0.05, 0.1) is 11.5 Å². The fourth-order valence-corrected chi connectivity index (χ4v) is 2.88. The number of carbonyl (C=O) groups excluding carboxylic acids is 1. The lowest BCUT2D eigenvalue weighted by molar-refractivity contribution is -0.384. The van der Waals surface area contributed by atoms with Gasteiger partial charge in [0.2, 0.25) is 11.9 Å². The normalized spacial score (nSPS) is 14.9. The Morgan fingerprint density at radius 2 is 1.92 bits per heavy atom. The van der Waals surface area contributed by atoms with Crippen LogP contribution in [-0.4, -0.2) is 58.4 Å². The lowest BCUT2D eigenvalue weighted by atomic mass is 10.2. The number of hydrogen-bond donors (Lipinski definition) is 1. The van der Waals surface area contributed by atoms with E-state index in [9.17, 15) is 14.9 Å². The lowest BCUT2D eigenvalue weighted by Gasteiger charge is -2.34. The van der Waals surface area contributed by atoms with Crippen LogP contribution in [0, 0.1) is 10.1 Å². The average Bonchev–Trinajstić information content (AvgIpc) is 2.64. The average molecular weight is 377 g/mol. The number of anilines is 2. The third-order valence-corrected chi connectivity index (χ3v) is 4.32. The van der Waals surface area contributed by atoms with Gasteiger partial charge in [-0.25, -0.2) is 9.97 Å². The Balaban J connectivity index is 1.52. The molecule has 0 aliphatic carbocycles. The number of aromatic nitrogens is 2. The summed E-state index contributed by atoms with van der Waals surface area (Å²) in [5, 5.41) is 13.6. The summed E-state index contributed by atoms with van der Waals surface area (Å²) in [6.45, 7) is 3.06. The van der Waals surface area contributed by atoms with Gasteiger partial charge in [-0.05, 0) is 18.2 Å². The number of nitro benzene ring substituents is 1. The molecule has 136 valence electrons. The highest BCUT2D eigenvalue weighted by atomic mass is 35.5. The van der Waals surface area contributed by atoms with Crippen LogP contribution >= 0.6 is 11.6 Å². The first-order valence-corrected chi connectivity index (χ1v) is 8.39.